The third-order valence-corrected chi connectivity index (χ3v) is 5.33. The van der Waals surface area contributed by atoms with E-state index in [0.29, 0.717) is 19.5 Å². The van der Waals surface area contributed by atoms with Crippen LogP contribution in [-0.2, 0) is 16.0 Å². The van der Waals surface area contributed by atoms with Crippen molar-refractivity contribution in [3.8, 4) is 0 Å². The fourth-order valence-corrected chi connectivity index (χ4v) is 3.74. The van der Waals surface area contributed by atoms with Crippen LogP contribution in [0.1, 0.15) is 37.7 Å². The van der Waals surface area contributed by atoms with Crippen LogP contribution in [-0.4, -0.2) is 48.9 Å². The molecule has 1 aromatic carbocycles. The number of carbonyl (C=O) groups is 2. The SMILES string of the molecule is O=C(N[C@H]1CCCNC1)C1CCN(C(=O)CCc2ccccc2)CC1. The molecule has 3 rings (SSSR count). The second kappa shape index (κ2) is 8.99. The zero-order chi connectivity index (χ0) is 17.5. The molecule has 2 saturated heterocycles. The predicted molar refractivity (Wildman–Crippen MR) is 98.1 cm³/mol. The number of nitrogens with one attached hydrogen (secondary N) is 2. The van der Waals surface area contributed by atoms with Crippen LogP contribution < -0.4 is 10.6 Å². The third-order valence-electron chi connectivity index (χ3n) is 5.33. The summed E-state index contributed by atoms with van der Waals surface area (Å²) in [6.45, 7) is 3.33. The van der Waals surface area contributed by atoms with E-state index in [0.717, 1.165) is 45.2 Å². The second-order valence-corrected chi connectivity index (χ2v) is 7.19. The Morgan fingerprint density at radius 1 is 1.12 bits per heavy atom. The van der Waals surface area contributed by atoms with E-state index in [1.807, 2.05) is 23.1 Å². The van der Waals surface area contributed by atoms with Gasteiger partial charge < -0.3 is 15.5 Å². The van der Waals surface area contributed by atoms with E-state index in [-0.39, 0.29) is 23.8 Å². The summed E-state index contributed by atoms with van der Waals surface area (Å²) in [6.07, 6.45) is 5.09. The molecule has 1 atom stereocenters. The van der Waals surface area contributed by atoms with Gasteiger partial charge in [-0.05, 0) is 44.2 Å². The Hall–Kier alpha value is -1.88. The first-order chi connectivity index (χ1) is 12.2. The minimum atomic E-state index is 0.0556. The van der Waals surface area contributed by atoms with E-state index < -0.39 is 0 Å². The Labute approximate surface area is 150 Å². The minimum Gasteiger partial charge on any atom is -0.352 e. The summed E-state index contributed by atoms with van der Waals surface area (Å²) in [4.78, 5) is 26.7. The van der Waals surface area contributed by atoms with Gasteiger partial charge in [0.15, 0.2) is 0 Å². The molecule has 5 nitrogen and oxygen atoms in total. The number of amides is 2. The molecule has 25 heavy (non-hydrogen) atoms. The van der Waals surface area contributed by atoms with Gasteiger partial charge in [-0.25, -0.2) is 0 Å². The van der Waals surface area contributed by atoms with E-state index >= 15 is 0 Å². The molecule has 1 aromatic rings. The molecule has 136 valence electrons. The van der Waals surface area contributed by atoms with Crippen LogP contribution in [0.3, 0.4) is 0 Å². The second-order valence-electron chi connectivity index (χ2n) is 7.19. The van der Waals surface area contributed by atoms with Gasteiger partial charge in [0.1, 0.15) is 0 Å². The number of carbonyl (C=O) groups excluding carboxylic acids is 2. The minimum absolute atomic E-state index is 0.0556. The third kappa shape index (κ3) is 5.30. The first kappa shape index (κ1) is 17.9. The lowest BCUT2D eigenvalue weighted by Gasteiger charge is -2.33. The maximum atomic E-state index is 12.4. The van der Waals surface area contributed by atoms with E-state index in [1.54, 1.807) is 0 Å². The summed E-state index contributed by atoms with van der Waals surface area (Å²) in [6, 6.07) is 10.4. The molecule has 0 saturated carbocycles. The maximum Gasteiger partial charge on any atom is 0.223 e. The average molecular weight is 343 g/mol. The zero-order valence-corrected chi connectivity index (χ0v) is 14.9. The van der Waals surface area contributed by atoms with Gasteiger partial charge in [-0.2, -0.15) is 0 Å². The number of likely N-dealkylation sites (tertiary alicyclic amines) is 1. The number of rotatable bonds is 5. The van der Waals surface area contributed by atoms with Gasteiger partial charge in [-0.1, -0.05) is 30.3 Å². The summed E-state index contributed by atoms with van der Waals surface area (Å²) in [5.74, 6) is 0.435. The van der Waals surface area contributed by atoms with Crippen molar-refractivity contribution in [1.29, 1.82) is 0 Å². The van der Waals surface area contributed by atoms with Crippen molar-refractivity contribution in [1.82, 2.24) is 15.5 Å². The van der Waals surface area contributed by atoms with Crippen molar-refractivity contribution >= 4 is 11.8 Å². The van der Waals surface area contributed by atoms with Gasteiger partial charge in [0.2, 0.25) is 11.8 Å². The summed E-state index contributed by atoms with van der Waals surface area (Å²) in [5, 5.41) is 6.50. The molecule has 0 spiro atoms. The van der Waals surface area contributed by atoms with E-state index in [4.69, 9.17) is 0 Å². The fourth-order valence-electron chi connectivity index (χ4n) is 3.74. The Balaban J connectivity index is 1.38. The molecule has 0 aromatic heterocycles. The smallest absolute Gasteiger partial charge is 0.223 e. The summed E-state index contributed by atoms with van der Waals surface area (Å²) >= 11 is 0. The number of benzene rings is 1. The molecular formula is C20H29N3O2. The van der Waals surface area contributed by atoms with Gasteiger partial charge in [0.25, 0.3) is 0 Å². The number of aryl methyl sites for hydroxylation is 1. The van der Waals surface area contributed by atoms with E-state index in [2.05, 4.69) is 22.8 Å². The van der Waals surface area contributed by atoms with Crippen LogP contribution >= 0.6 is 0 Å². The van der Waals surface area contributed by atoms with Crippen LogP contribution in [0.5, 0.6) is 0 Å². The van der Waals surface area contributed by atoms with Gasteiger partial charge in [-0.3, -0.25) is 9.59 Å². The topological polar surface area (TPSA) is 61.4 Å². The lowest BCUT2D eigenvalue weighted by Crippen LogP contribution is -2.49. The monoisotopic (exact) mass is 343 g/mol. The van der Waals surface area contributed by atoms with Crippen LogP contribution in [0.15, 0.2) is 30.3 Å². The van der Waals surface area contributed by atoms with Crippen molar-refractivity contribution in [2.75, 3.05) is 26.2 Å². The molecule has 2 N–H and O–H groups in total. The quantitative estimate of drug-likeness (QED) is 0.856. The molecule has 0 unspecified atom stereocenters. The largest absolute Gasteiger partial charge is 0.352 e. The first-order valence-electron chi connectivity index (χ1n) is 9.55. The molecule has 2 fully saturated rings. The molecule has 0 radical (unpaired) electrons. The highest BCUT2D eigenvalue weighted by Crippen LogP contribution is 2.19. The van der Waals surface area contributed by atoms with Crippen LogP contribution in [0, 0.1) is 5.92 Å². The average Bonchev–Trinajstić information content (AvgIpc) is 2.68. The molecule has 2 aliphatic rings. The Morgan fingerprint density at radius 2 is 1.88 bits per heavy atom. The van der Waals surface area contributed by atoms with Gasteiger partial charge in [-0.15, -0.1) is 0 Å². The Bertz CT molecular complexity index is 562. The number of hydrogen-bond donors (Lipinski definition) is 2. The zero-order valence-electron chi connectivity index (χ0n) is 14.9. The van der Waals surface area contributed by atoms with Gasteiger partial charge in [0, 0.05) is 38.0 Å². The van der Waals surface area contributed by atoms with Crippen LogP contribution in [0.4, 0.5) is 0 Å². The molecule has 5 heteroatoms. The molecular weight excluding hydrogens is 314 g/mol. The summed E-state index contributed by atoms with van der Waals surface area (Å²) < 4.78 is 0. The van der Waals surface area contributed by atoms with Crippen LogP contribution in [0.2, 0.25) is 0 Å². The molecule has 2 aliphatic heterocycles. The molecule has 2 heterocycles. The highest BCUT2D eigenvalue weighted by atomic mass is 16.2. The summed E-state index contributed by atoms with van der Waals surface area (Å²) in [7, 11) is 0. The van der Waals surface area contributed by atoms with Crippen molar-refractivity contribution < 1.29 is 9.59 Å². The Kier molecular flexibility index (Phi) is 6.45. The highest BCUT2D eigenvalue weighted by molar-refractivity contribution is 5.80. The van der Waals surface area contributed by atoms with Gasteiger partial charge in [0.05, 0.1) is 0 Å². The molecule has 0 bridgehead atoms. The van der Waals surface area contributed by atoms with Gasteiger partial charge >= 0.3 is 0 Å². The maximum absolute atomic E-state index is 12.4. The van der Waals surface area contributed by atoms with Crippen molar-refractivity contribution in [3.63, 3.8) is 0 Å². The van der Waals surface area contributed by atoms with E-state index in [1.165, 1.54) is 5.56 Å². The van der Waals surface area contributed by atoms with Crippen molar-refractivity contribution in [3.05, 3.63) is 35.9 Å². The fraction of sp³-hybridized carbons (Fsp3) is 0.600. The first-order valence-corrected chi connectivity index (χ1v) is 9.55. The standard InChI is InChI=1S/C20H29N3O2/c24-19(9-8-16-5-2-1-3-6-16)23-13-10-17(11-14-23)20(25)22-18-7-4-12-21-15-18/h1-3,5-6,17-18,21H,4,7-15H2,(H,22,25)/t18-/m0/s1. The normalized spacial score (nSPS) is 21.8. The lowest BCUT2D eigenvalue weighted by atomic mass is 9.94. The van der Waals surface area contributed by atoms with Crippen molar-refractivity contribution in [2.24, 2.45) is 5.92 Å². The number of piperidine rings is 2. The summed E-state index contributed by atoms with van der Waals surface area (Å²) in [5.41, 5.74) is 1.20. The van der Waals surface area contributed by atoms with Crippen LogP contribution in [0.25, 0.3) is 0 Å². The van der Waals surface area contributed by atoms with E-state index in [9.17, 15) is 9.59 Å². The number of nitrogens with zero attached hydrogens (tertiary/aromatic N) is 1. The highest BCUT2D eigenvalue weighted by Gasteiger charge is 2.28. The predicted octanol–water partition coefficient (Wildman–Crippen LogP) is 1.73. The number of hydrogen-bond acceptors (Lipinski definition) is 3. The lowest BCUT2D eigenvalue weighted by molar-refractivity contribution is -0.135. The Morgan fingerprint density at radius 3 is 2.56 bits per heavy atom. The van der Waals surface area contributed by atoms with Crippen molar-refractivity contribution in [2.45, 2.75) is 44.6 Å². The molecule has 2 amide bonds. The molecule has 0 aliphatic carbocycles.